The number of ether oxygens (including phenoxy) is 2. The number of carbonyl (C=O) groups is 1. The first-order chi connectivity index (χ1) is 21.0. The lowest BCUT2D eigenvalue weighted by Gasteiger charge is -2.39. The third-order valence-electron chi connectivity index (χ3n) is 8.16. The molecule has 5 rings (SSSR count). The molecule has 3 fully saturated rings. The molecule has 2 aromatic carbocycles. The fourth-order valence-corrected chi connectivity index (χ4v) is 6.97. The lowest BCUT2D eigenvalue weighted by Crippen LogP contribution is -2.49. The smallest absolute Gasteiger partial charge is 0.382 e. The third kappa shape index (κ3) is 8.29. The van der Waals surface area contributed by atoms with Gasteiger partial charge >= 0.3 is 12.4 Å². The number of morpholine rings is 1. The number of rotatable bonds is 7. The molecule has 6 nitrogen and oxygen atoms in total. The van der Waals surface area contributed by atoms with Crippen LogP contribution in [0.15, 0.2) is 52.3 Å². The lowest BCUT2D eigenvalue weighted by molar-refractivity contribution is -0.163. The summed E-state index contributed by atoms with van der Waals surface area (Å²) >= 11 is 0.619. The Labute approximate surface area is 256 Å². The summed E-state index contributed by atoms with van der Waals surface area (Å²) in [5, 5.41) is 3.32. The maximum absolute atomic E-state index is 14.3. The highest BCUT2D eigenvalue weighted by molar-refractivity contribution is 7.99. The quantitative estimate of drug-likeness (QED) is 0.265. The first-order valence-electron chi connectivity index (χ1n) is 14.7. The van der Waals surface area contributed by atoms with Crippen molar-refractivity contribution < 1.29 is 40.6 Å². The third-order valence-corrected chi connectivity index (χ3v) is 9.21. The number of anilines is 1. The molecule has 0 atom stereocenters. The first-order valence-corrected chi connectivity index (χ1v) is 15.5. The van der Waals surface area contributed by atoms with Gasteiger partial charge in [0, 0.05) is 73.0 Å². The van der Waals surface area contributed by atoms with E-state index >= 15 is 0 Å². The van der Waals surface area contributed by atoms with Crippen molar-refractivity contribution in [2.45, 2.75) is 59.9 Å². The van der Waals surface area contributed by atoms with Crippen LogP contribution in [0.1, 0.15) is 42.4 Å². The number of benzene rings is 2. The molecule has 0 radical (unpaired) electrons. The van der Waals surface area contributed by atoms with Crippen LogP contribution in [-0.2, 0) is 26.6 Å². The number of amides is 1. The Morgan fingerprint density at radius 3 is 2.16 bits per heavy atom. The highest BCUT2D eigenvalue weighted by Gasteiger charge is 2.46. The molecule has 0 saturated carbocycles. The number of alkyl halides is 6. The maximum Gasteiger partial charge on any atom is 0.418 e. The van der Waals surface area contributed by atoms with E-state index in [9.17, 15) is 31.1 Å². The summed E-state index contributed by atoms with van der Waals surface area (Å²) in [6.45, 7) is 4.97. The molecule has 0 bridgehead atoms. The summed E-state index contributed by atoms with van der Waals surface area (Å²) in [6, 6.07) is 9.07. The summed E-state index contributed by atoms with van der Waals surface area (Å²) in [7, 11) is 0. The van der Waals surface area contributed by atoms with E-state index < -0.39 is 39.8 Å². The minimum atomic E-state index is -5.31. The molecule has 0 aromatic heterocycles. The standard InChI is InChI=1S/C31H35F6N3O3S/c32-30(33,34)28-21(5-7-27(41)40-12-8-24(9-13-40)39-14-18-43-19-15-39)4-6-26(29(28)31(35,36)37)44-25-3-1-2-23(20-25)38-22-10-16-42-17-11-22/h1-7,20,22,24,38H,8-19H2/b7-5+. The monoisotopic (exact) mass is 643 g/mol. The molecule has 3 aliphatic heterocycles. The van der Waals surface area contributed by atoms with Crippen molar-refractivity contribution in [1.29, 1.82) is 0 Å². The fraction of sp³-hybridized carbons (Fsp3) is 0.516. The van der Waals surface area contributed by atoms with E-state index in [1.807, 2.05) is 0 Å². The van der Waals surface area contributed by atoms with Gasteiger partial charge in [-0.25, -0.2) is 0 Å². The van der Waals surface area contributed by atoms with Crippen LogP contribution in [-0.4, -0.2) is 80.4 Å². The van der Waals surface area contributed by atoms with Gasteiger partial charge in [-0.1, -0.05) is 23.9 Å². The zero-order valence-corrected chi connectivity index (χ0v) is 24.9. The number of likely N-dealkylation sites (tertiary alicyclic amines) is 1. The minimum Gasteiger partial charge on any atom is -0.382 e. The number of nitrogens with zero attached hydrogens (tertiary/aromatic N) is 2. The van der Waals surface area contributed by atoms with E-state index in [2.05, 4.69) is 10.2 Å². The maximum atomic E-state index is 14.3. The van der Waals surface area contributed by atoms with E-state index in [0.717, 1.165) is 50.2 Å². The van der Waals surface area contributed by atoms with Crippen LogP contribution in [0.25, 0.3) is 6.08 Å². The minimum absolute atomic E-state index is 0.136. The van der Waals surface area contributed by atoms with Crippen molar-refractivity contribution >= 4 is 29.4 Å². The van der Waals surface area contributed by atoms with E-state index in [1.54, 1.807) is 24.3 Å². The largest absolute Gasteiger partial charge is 0.418 e. The van der Waals surface area contributed by atoms with Crippen molar-refractivity contribution in [1.82, 2.24) is 9.80 Å². The van der Waals surface area contributed by atoms with Crippen molar-refractivity contribution in [3.05, 3.63) is 59.2 Å². The Morgan fingerprint density at radius 1 is 0.841 bits per heavy atom. The molecule has 13 heteroatoms. The van der Waals surface area contributed by atoms with Crippen LogP contribution in [0.3, 0.4) is 0 Å². The van der Waals surface area contributed by atoms with Crippen molar-refractivity contribution in [3.63, 3.8) is 0 Å². The summed E-state index contributed by atoms with van der Waals surface area (Å²) in [5.74, 6) is -0.528. The number of hydrogen-bond acceptors (Lipinski definition) is 6. The van der Waals surface area contributed by atoms with Gasteiger partial charge in [0.2, 0.25) is 5.91 Å². The average molecular weight is 644 g/mol. The number of carbonyl (C=O) groups excluding carboxylic acids is 1. The van der Waals surface area contributed by atoms with Crippen LogP contribution >= 0.6 is 11.8 Å². The molecule has 0 unspecified atom stereocenters. The Morgan fingerprint density at radius 2 is 1.50 bits per heavy atom. The van der Waals surface area contributed by atoms with Crippen LogP contribution < -0.4 is 5.32 Å². The molecule has 240 valence electrons. The summed E-state index contributed by atoms with van der Waals surface area (Å²) in [5.41, 5.74) is -3.61. The number of nitrogens with one attached hydrogen (secondary N) is 1. The second-order valence-corrected chi connectivity index (χ2v) is 12.2. The van der Waals surface area contributed by atoms with Gasteiger partial charge in [-0.3, -0.25) is 9.69 Å². The predicted molar refractivity (Wildman–Crippen MR) is 156 cm³/mol. The first kappa shape index (κ1) is 32.6. The Bertz CT molecular complexity index is 1320. The Hall–Kier alpha value is -2.74. The molecular weight excluding hydrogens is 608 g/mol. The van der Waals surface area contributed by atoms with Crippen molar-refractivity contribution in [2.75, 3.05) is 57.9 Å². The van der Waals surface area contributed by atoms with Gasteiger partial charge in [0.25, 0.3) is 0 Å². The molecule has 0 aliphatic carbocycles. The topological polar surface area (TPSA) is 54.0 Å². The van der Waals surface area contributed by atoms with Gasteiger partial charge in [-0.15, -0.1) is 0 Å². The Balaban J connectivity index is 1.35. The molecule has 2 aromatic rings. The Kier molecular flexibility index (Phi) is 10.5. The zero-order chi connectivity index (χ0) is 31.3. The molecule has 44 heavy (non-hydrogen) atoms. The predicted octanol–water partition coefficient (Wildman–Crippen LogP) is 6.80. The van der Waals surface area contributed by atoms with Gasteiger partial charge in [0.05, 0.1) is 24.3 Å². The molecule has 3 aliphatic rings. The number of piperidine rings is 1. The molecule has 3 heterocycles. The summed E-state index contributed by atoms with van der Waals surface area (Å²) in [6.07, 6.45) is -5.84. The summed E-state index contributed by atoms with van der Waals surface area (Å²) in [4.78, 5) is 16.5. The summed E-state index contributed by atoms with van der Waals surface area (Å²) < 4.78 is 96.7. The molecule has 3 saturated heterocycles. The van der Waals surface area contributed by atoms with Gasteiger partial charge in [0.15, 0.2) is 0 Å². The molecular formula is C31H35F6N3O3S. The van der Waals surface area contributed by atoms with Crippen molar-refractivity contribution in [2.24, 2.45) is 0 Å². The molecule has 1 amide bonds. The SMILES string of the molecule is O=C(/C=C/c1ccc(Sc2cccc(NC3CCOCC3)c2)c(C(F)(F)F)c1C(F)(F)F)N1CCC(N2CCOCC2)CC1. The van der Waals surface area contributed by atoms with E-state index in [4.69, 9.17) is 9.47 Å². The number of halogens is 6. The van der Waals surface area contributed by atoms with Crippen LogP contribution in [0.5, 0.6) is 0 Å². The highest BCUT2D eigenvalue weighted by atomic mass is 32.2. The van der Waals surface area contributed by atoms with Crippen LogP contribution in [0.4, 0.5) is 32.0 Å². The van der Waals surface area contributed by atoms with E-state index in [1.165, 1.54) is 4.90 Å². The van der Waals surface area contributed by atoms with Crippen molar-refractivity contribution in [3.8, 4) is 0 Å². The second kappa shape index (κ2) is 14.1. The zero-order valence-electron chi connectivity index (χ0n) is 24.1. The normalized spacial score (nSPS) is 19.9. The number of hydrogen-bond donors (Lipinski definition) is 1. The van der Waals surface area contributed by atoms with E-state index in [0.29, 0.717) is 80.7 Å². The van der Waals surface area contributed by atoms with Gasteiger partial charge in [-0.05, 0) is 61.6 Å². The van der Waals surface area contributed by atoms with Crippen LogP contribution in [0.2, 0.25) is 0 Å². The molecule has 1 N–H and O–H groups in total. The van der Waals surface area contributed by atoms with Gasteiger partial charge in [0.1, 0.15) is 0 Å². The van der Waals surface area contributed by atoms with Gasteiger partial charge < -0.3 is 19.7 Å². The van der Waals surface area contributed by atoms with Gasteiger partial charge in [-0.2, -0.15) is 26.3 Å². The fourth-order valence-electron chi connectivity index (χ4n) is 5.92. The second-order valence-electron chi connectivity index (χ2n) is 11.1. The van der Waals surface area contributed by atoms with Crippen LogP contribution in [0, 0.1) is 0 Å². The lowest BCUT2D eigenvalue weighted by atomic mass is 9.99. The molecule has 0 spiro atoms. The van der Waals surface area contributed by atoms with E-state index in [-0.39, 0.29) is 6.04 Å². The average Bonchev–Trinajstić information content (AvgIpc) is 3.00. The highest BCUT2D eigenvalue weighted by Crippen LogP contribution is 2.48.